The molecule has 150 valence electrons. The second-order valence-electron chi connectivity index (χ2n) is 6.83. The van der Waals surface area contributed by atoms with Crippen molar-refractivity contribution in [2.75, 3.05) is 6.54 Å². The van der Waals surface area contributed by atoms with Gasteiger partial charge in [-0.2, -0.15) is 0 Å². The molecule has 1 amide bonds. The van der Waals surface area contributed by atoms with E-state index in [1.807, 2.05) is 0 Å². The molecule has 1 fully saturated rings. The largest absolute Gasteiger partial charge is 0.446 e. The first kappa shape index (κ1) is 19.1. The van der Waals surface area contributed by atoms with Gasteiger partial charge in [0.1, 0.15) is 12.4 Å². The summed E-state index contributed by atoms with van der Waals surface area (Å²) in [5.41, 5.74) is 0.949. The van der Waals surface area contributed by atoms with Crippen LogP contribution in [0, 0.1) is 0 Å². The Morgan fingerprint density at radius 1 is 1.10 bits per heavy atom. The first-order chi connectivity index (χ1) is 13.9. The van der Waals surface area contributed by atoms with Crippen LogP contribution in [-0.2, 0) is 24.3 Å². The van der Waals surface area contributed by atoms with Crippen molar-refractivity contribution in [2.24, 2.45) is 4.99 Å². The van der Waals surface area contributed by atoms with Crippen LogP contribution in [0.4, 0.5) is 0 Å². The molecule has 29 heavy (non-hydrogen) atoms. The summed E-state index contributed by atoms with van der Waals surface area (Å²) in [6.07, 6.45) is 0.736. The zero-order valence-electron chi connectivity index (χ0n) is 15.4. The smallest absolute Gasteiger partial charge is 0.328 e. The molecule has 2 aliphatic rings. The fourth-order valence-electron chi connectivity index (χ4n) is 2.97. The highest BCUT2D eigenvalue weighted by molar-refractivity contribution is 7.90. The maximum atomic E-state index is 12.5. The van der Waals surface area contributed by atoms with Crippen LogP contribution in [0.5, 0.6) is 0 Å². The van der Waals surface area contributed by atoms with Crippen molar-refractivity contribution in [1.29, 1.82) is 0 Å². The highest BCUT2D eigenvalue weighted by Gasteiger charge is 2.32. The van der Waals surface area contributed by atoms with E-state index in [4.69, 9.17) is 4.74 Å². The second-order valence-corrected chi connectivity index (χ2v) is 8.48. The number of esters is 1. The average molecular weight is 413 g/mol. The van der Waals surface area contributed by atoms with Gasteiger partial charge in [-0.15, -0.1) is 0 Å². The third kappa shape index (κ3) is 4.29. The third-order valence-corrected chi connectivity index (χ3v) is 5.94. The normalized spacial score (nSPS) is 19.1. The Hall–Kier alpha value is -3.20. The predicted molar refractivity (Wildman–Crippen MR) is 105 cm³/mol. The Labute approximate surface area is 168 Å². The van der Waals surface area contributed by atoms with Crippen LogP contribution >= 0.6 is 0 Å². The number of carbonyl (C=O) groups is 2. The topological polar surface area (TPSA) is 114 Å². The molecule has 1 heterocycles. The summed E-state index contributed by atoms with van der Waals surface area (Å²) >= 11 is 0. The van der Waals surface area contributed by atoms with Gasteiger partial charge in [0.2, 0.25) is 6.10 Å². The van der Waals surface area contributed by atoms with Crippen LogP contribution in [0.15, 0.2) is 64.5 Å². The Morgan fingerprint density at radius 2 is 1.79 bits per heavy atom. The summed E-state index contributed by atoms with van der Waals surface area (Å²) in [6, 6.07) is 15.2. The number of carbonyl (C=O) groups excluding carboxylic acids is 2. The van der Waals surface area contributed by atoms with E-state index in [9.17, 15) is 18.0 Å². The SMILES string of the molecule is O=C(CN=C1NS(=O)(=O)c2ccccc21)O[C@H](C(=O)NC1CC1)c1ccccc1. The number of amidine groups is 1. The number of aliphatic imine (C=N–C) groups is 1. The molecule has 0 unspecified atom stereocenters. The van der Waals surface area contributed by atoms with E-state index in [2.05, 4.69) is 15.0 Å². The minimum atomic E-state index is -3.69. The predicted octanol–water partition coefficient (Wildman–Crippen LogP) is 1.29. The zero-order valence-corrected chi connectivity index (χ0v) is 16.2. The van der Waals surface area contributed by atoms with Crippen LogP contribution in [-0.4, -0.2) is 38.7 Å². The Bertz CT molecular complexity index is 1080. The molecule has 1 aliphatic heterocycles. The van der Waals surface area contributed by atoms with Gasteiger partial charge in [-0.1, -0.05) is 42.5 Å². The van der Waals surface area contributed by atoms with Crippen LogP contribution in [0.3, 0.4) is 0 Å². The molecule has 9 heteroatoms. The van der Waals surface area contributed by atoms with Gasteiger partial charge in [-0.25, -0.2) is 8.42 Å². The molecule has 0 aromatic heterocycles. The third-order valence-electron chi connectivity index (χ3n) is 4.54. The summed E-state index contributed by atoms with van der Waals surface area (Å²) in [6.45, 7) is -0.424. The van der Waals surface area contributed by atoms with Gasteiger partial charge in [0, 0.05) is 17.2 Å². The summed E-state index contributed by atoms with van der Waals surface area (Å²) in [5, 5.41) is 2.84. The molecule has 0 saturated heterocycles. The van der Waals surface area contributed by atoms with E-state index in [0.29, 0.717) is 11.1 Å². The van der Waals surface area contributed by atoms with E-state index < -0.39 is 28.6 Å². The van der Waals surface area contributed by atoms with Crippen molar-refractivity contribution in [3.8, 4) is 0 Å². The number of nitrogens with one attached hydrogen (secondary N) is 2. The lowest BCUT2D eigenvalue weighted by molar-refractivity contribution is -0.155. The van der Waals surface area contributed by atoms with Crippen LogP contribution in [0.1, 0.15) is 30.1 Å². The van der Waals surface area contributed by atoms with Crippen LogP contribution in [0.25, 0.3) is 0 Å². The first-order valence-corrected chi connectivity index (χ1v) is 10.6. The number of benzene rings is 2. The lowest BCUT2D eigenvalue weighted by Gasteiger charge is -2.17. The molecule has 8 nitrogen and oxygen atoms in total. The summed E-state index contributed by atoms with van der Waals surface area (Å²) in [5.74, 6) is -1.04. The molecule has 0 bridgehead atoms. The number of hydrogen-bond donors (Lipinski definition) is 2. The van der Waals surface area contributed by atoms with Crippen molar-refractivity contribution in [2.45, 2.75) is 29.9 Å². The zero-order chi connectivity index (χ0) is 20.4. The molecule has 2 N–H and O–H groups in total. The number of fused-ring (bicyclic) bond motifs is 1. The molecule has 1 aliphatic carbocycles. The number of hydrogen-bond acceptors (Lipinski definition) is 6. The van der Waals surface area contributed by atoms with Gasteiger partial charge in [0.15, 0.2) is 0 Å². The molecule has 0 spiro atoms. The van der Waals surface area contributed by atoms with Crippen LogP contribution < -0.4 is 10.0 Å². The fourth-order valence-corrected chi connectivity index (χ4v) is 4.22. The Balaban J connectivity index is 1.49. The van der Waals surface area contributed by atoms with Gasteiger partial charge >= 0.3 is 5.97 Å². The van der Waals surface area contributed by atoms with Crippen molar-refractivity contribution in [3.05, 3.63) is 65.7 Å². The van der Waals surface area contributed by atoms with Crippen molar-refractivity contribution < 1.29 is 22.7 Å². The molecular weight excluding hydrogens is 394 g/mol. The maximum Gasteiger partial charge on any atom is 0.328 e. The van der Waals surface area contributed by atoms with Gasteiger partial charge in [0.25, 0.3) is 15.9 Å². The monoisotopic (exact) mass is 413 g/mol. The second kappa shape index (κ2) is 7.67. The summed E-state index contributed by atoms with van der Waals surface area (Å²) in [7, 11) is -3.69. The summed E-state index contributed by atoms with van der Waals surface area (Å²) in [4.78, 5) is 29.1. The van der Waals surface area contributed by atoms with E-state index in [0.717, 1.165) is 12.8 Å². The molecule has 2 aromatic rings. The summed E-state index contributed by atoms with van der Waals surface area (Å²) < 4.78 is 31.9. The number of rotatable bonds is 6. The lowest BCUT2D eigenvalue weighted by Crippen LogP contribution is -2.34. The number of sulfonamides is 1. The van der Waals surface area contributed by atoms with Gasteiger partial charge in [-0.05, 0) is 25.0 Å². The first-order valence-electron chi connectivity index (χ1n) is 9.15. The fraction of sp³-hybridized carbons (Fsp3) is 0.250. The van der Waals surface area contributed by atoms with Gasteiger partial charge in [0.05, 0.1) is 4.90 Å². The number of ether oxygens (including phenoxy) is 1. The van der Waals surface area contributed by atoms with E-state index >= 15 is 0 Å². The Morgan fingerprint density at radius 3 is 2.52 bits per heavy atom. The minimum Gasteiger partial charge on any atom is -0.446 e. The highest BCUT2D eigenvalue weighted by atomic mass is 32.2. The van der Waals surface area contributed by atoms with E-state index in [1.54, 1.807) is 48.5 Å². The molecular formula is C20H19N3O5S. The van der Waals surface area contributed by atoms with Gasteiger partial charge < -0.3 is 10.1 Å². The molecule has 4 rings (SSSR count). The quantitative estimate of drug-likeness (QED) is 0.693. The average Bonchev–Trinajstić information content (AvgIpc) is 3.49. The number of amides is 1. The van der Waals surface area contributed by atoms with Crippen molar-refractivity contribution in [3.63, 3.8) is 0 Å². The number of nitrogens with zero attached hydrogens (tertiary/aromatic N) is 1. The molecule has 0 radical (unpaired) electrons. The van der Waals surface area contributed by atoms with E-state index in [1.165, 1.54) is 6.07 Å². The van der Waals surface area contributed by atoms with Crippen LogP contribution in [0.2, 0.25) is 0 Å². The molecule has 1 atom stereocenters. The molecule has 1 saturated carbocycles. The standard InChI is InChI=1S/C20H19N3O5S/c24-17(12-21-19-15-8-4-5-9-16(15)29(26,27)23-19)28-18(13-6-2-1-3-7-13)20(25)22-14-10-11-14/h1-9,14,18H,10-12H2,(H,21,23)(H,22,25)/t18-/m0/s1. The highest BCUT2D eigenvalue weighted by Crippen LogP contribution is 2.24. The van der Waals surface area contributed by atoms with Gasteiger partial charge in [-0.3, -0.25) is 19.3 Å². The minimum absolute atomic E-state index is 0.0799. The Kier molecular flexibility index (Phi) is 5.06. The maximum absolute atomic E-state index is 12.5. The molecule has 2 aromatic carbocycles. The van der Waals surface area contributed by atoms with Crippen molar-refractivity contribution >= 4 is 27.7 Å². The lowest BCUT2D eigenvalue weighted by atomic mass is 10.1. The van der Waals surface area contributed by atoms with Crippen molar-refractivity contribution in [1.82, 2.24) is 10.0 Å². The van der Waals surface area contributed by atoms with E-state index in [-0.39, 0.29) is 22.7 Å².